The second kappa shape index (κ2) is 11.6. The molecule has 3 atom stereocenters. The summed E-state index contributed by atoms with van der Waals surface area (Å²) in [6.45, 7) is 10.0. The molecule has 9 heteroatoms. The highest BCUT2D eigenvalue weighted by atomic mass is 16.2. The van der Waals surface area contributed by atoms with E-state index in [0.717, 1.165) is 63.0 Å². The summed E-state index contributed by atoms with van der Waals surface area (Å²) in [6, 6.07) is 8.61. The molecule has 1 aromatic heterocycles. The third-order valence-corrected chi connectivity index (χ3v) is 8.94. The minimum Gasteiger partial charge on any atom is -0.366 e. The number of fused-ring (bicyclic) bond motifs is 2. The van der Waals surface area contributed by atoms with Crippen LogP contribution in [0.1, 0.15) is 94.6 Å². The van der Waals surface area contributed by atoms with Crippen LogP contribution in [0, 0.1) is 13.8 Å². The maximum atomic E-state index is 13.2. The zero-order valence-corrected chi connectivity index (χ0v) is 24.1. The Kier molecular flexibility index (Phi) is 8.12. The number of amides is 3. The zero-order valence-electron chi connectivity index (χ0n) is 24.1. The molecule has 0 aliphatic carbocycles. The van der Waals surface area contributed by atoms with Gasteiger partial charge in [0.25, 0.3) is 11.8 Å². The summed E-state index contributed by atoms with van der Waals surface area (Å²) in [4.78, 5) is 47.2. The van der Waals surface area contributed by atoms with Crippen molar-refractivity contribution in [1.29, 1.82) is 0 Å². The van der Waals surface area contributed by atoms with Gasteiger partial charge in [0, 0.05) is 54.1 Å². The van der Waals surface area contributed by atoms with Gasteiger partial charge in [-0.25, -0.2) is 4.98 Å². The lowest BCUT2D eigenvalue weighted by Gasteiger charge is -2.40. The predicted molar refractivity (Wildman–Crippen MR) is 156 cm³/mol. The van der Waals surface area contributed by atoms with Gasteiger partial charge in [0.2, 0.25) is 5.91 Å². The number of nitrogens with zero attached hydrogens (tertiary/aromatic N) is 3. The van der Waals surface area contributed by atoms with Gasteiger partial charge in [0.1, 0.15) is 5.82 Å². The molecule has 2 unspecified atom stereocenters. The Bertz CT molecular complexity index is 1260. The highest BCUT2D eigenvalue weighted by Crippen LogP contribution is 2.38. The number of likely N-dealkylation sites (tertiary alicyclic amines) is 1. The van der Waals surface area contributed by atoms with Crippen LogP contribution in [0.25, 0.3) is 0 Å². The Labute approximate surface area is 236 Å². The number of piperidine rings is 2. The molecule has 3 aliphatic rings. The first kappa shape index (κ1) is 28.1. The van der Waals surface area contributed by atoms with Crippen molar-refractivity contribution in [3.63, 3.8) is 0 Å². The van der Waals surface area contributed by atoms with Crippen LogP contribution in [0.5, 0.6) is 0 Å². The molecule has 214 valence electrons. The van der Waals surface area contributed by atoms with Crippen LogP contribution < -0.4 is 21.3 Å². The fourth-order valence-corrected chi connectivity index (χ4v) is 6.79. The topological polar surface area (TPSA) is 121 Å². The third kappa shape index (κ3) is 5.84. The molecule has 0 spiro atoms. The highest BCUT2D eigenvalue weighted by molar-refractivity contribution is 5.99. The van der Waals surface area contributed by atoms with E-state index in [2.05, 4.69) is 34.3 Å². The van der Waals surface area contributed by atoms with Gasteiger partial charge in [-0.2, -0.15) is 0 Å². The Morgan fingerprint density at radius 2 is 1.57 bits per heavy atom. The molecule has 3 aliphatic heterocycles. The number of hydrogen-bond donors (Lipinski definition) is 3. The van der Waals surface area contributed by atoms with E-state index in [1.54, 1.807) is 25.3 Å². The van der Waals surface area contributed by atoms with Gasteiger partial charge in [-0.05, 0) is 108 Å². The second-order valence-corrected chi connectivity index (χ2v) is 12.1. The van der Waals surface area contributed by atoms with E-state index >= 15 is 0 Å². The van der Waals surface area contributed by atoms with Crippen molar-refractivity contribution in [2.75, 3.05) is 18.0 Å². The number of aryl methyl sites for hydroxylation is 2. The molecule has 4 N–H and O–H groups in total. The van der Waals surface area contributed by atoms with Crippen molar-refractivity contribution < 1.29 is 14.4 Å². The Morgan fingerprint density at radius 1 is 0.925 bits per heavy atom. The number of aromatic nitrogens is 1. The van der Waals surface area contributed by atoms with Gasteiger partial charge in [0.05, 0.1) is 5.56 Å². The minimum atomic E-state index is -0.485. The summed E-state index contributed by atoms with van der Waals surface area (Å²) < 4.78 is 0. The molecule has 2 bridgehead atoms. The largest absolute Gasteiger partial charge is 0.366 e. The van der Waals surface area contributed by atoms with E-state index in [1.807, 2.05) is 19.1 Å². The number of rotatable bonds is 7. The molecule has 9 nitrogen and oxygen atoms in total. The van der Waals surface area contributed by atoms with Crippen LogP contribution >= 0.6 is 0 Å². The van der Waals surface area contributed by atoms with Crippen molar-refractivity contribution >= 4 is 23.5 Å². The summed E-state index contributed by atoms with van der Waals surface area (Å²) in [7, 11) is 0. The molecule has 2 aromatic rings. The number of carbonyl (C=O) groups excluding carboxylic acids is 3. The second-order valence-electron chi connectivity index (χ2n) is 12.1. The smallest absolute Gasteiger partial charge is 0.253 e. The summed E-state index contributed by atoms with van der Waals surface area (Å²) >= 11 is 0. The first-order valence-electron chi connectivity index (χ1n) is 14.6. The summed E-state index contributed by atoms with van der Waals surface area (Å²) in [5, 5.41) is 6.44. The monoisotopic (exact) mass is 546 g/mol. The number of nitrogens with one attached hydrogen (secondary N) is 2. The predicted octanol–water partition coefficient (Wildman–Crippen LogP) is 3.33. The molecule has 1 aromatic carbocycles. The van der Waals surface area contributed by atoms with E-state index < -0.39 is 5.91 Å². The number of primary amides is 1. The van der Waals surface area contributed by atoms with Crippen molar-refractivity contribution in [3.05, 3.63) is 58.3 Å². The van der Waals surface area contributed by atoms with E-state index in [0.29, 0.717) is 40.4 Å². The first-order chi connectivity index (χ1) is 19.1. The van der Waals surface area contributed by atoms with E-state index in [1.165, 1.54) is 0 Å². The van der Waals surface area contributed by atoms with Gasteiger partial charge in [-0.1, -0.05) is 0 Å². The molecular formula is C31H42N6O3. The lowest BCUT2D eigenvalue weighted by molar-refractivity contribution is 0.0884. The number of pyridine rings is 1. The average Bonchev–Trinajstić information content (AvgIpc) is 3.19. The summed E-state index contributed by atoms with van der Waals surface area (Å²) in [5.41, 5.74) is 8.53. The quantitative estimate of drug-likeness (QED) is 0.490. The van der Waals surface area contributed by atoms with Crippen LogP contribution in [0.15, 0.2) is 30.5 Å². The zero-order chi connectivity index (χ0) is 28.6. The van der Waals surface area contributed by atoms with Crippen molar-refractivity contribution in [3.8, 4) is 0 Å². The number of hydrogen-bond acceptors (Lipinski definition) is 6. The first-order valence-corrected chi connectivity index (χ1v) is 14.6. The number of anilines is 1. The van der Waals surface area contributed by atoms with Crippen LogP contribution in [0.3, 0.4) is 0 Å². The van der Waals surface area contributed by atoms with Gasteiger partial charge in [-0.15, -0.1) is 0 Å². The molecular weight excluding hydrogens is 504 g/mol. The average molecular weight is 547 g/mol. The van der Waals surface area contributed by atoms with Gasteiger partial charge < -0.3 is 21.3 Å². The number of nitrogens with two attached hydrogens (primary N) is 1. The number of benzene rings is 1. The van der Waals surface area contributed by atoms with Crippen LogP contribution in [-0.4, -0.2) is 70.9 Å². The molecule has 0 saturated carbocycles. The fourth-order valence-electron chi connectivity index (χ4n) is 6.79. The standard InChI is InChI=1S/C31H42N6O3/c1-18(2)36-11-5-6-22(17-36)34-30(39)21-7-10-28(33-16-21)37-24-8-9-25(37)15-23(14-24)35-31(40)27-13-19(3)26(29(32)38)12-20(27)4/h7,10,12-13,16,18,22-25H,5-6,8-9,11,14-15,17H2,1-4H3,(H2,32,38)(H,34,39)(H,35,40)/t22-,23?,24?,25?/m1/s1. The lowest BCUT2D eigenvalue weighted by atomic mass is 9.95. The third-order valence-electron chi connectivity index (χ3n) is 8.94. The lowest BCUT2D eigenvalue weighted by Crippen LogP contribution is -2.51. The molecule has 3 amide bonds. The highest BCUT2D eigenvalue weighted by Gasteiger charge is 2.42. The van der Waals surface area contributed by atoms with Gasteiger partial charge in [-0.3, -0.25) is 19.3 Å². The van der Waals surface area contributed by atoms with E-state index in [9.17, 15) is 14.4 Å². The van der Waals surface area contributed by atoms with Crippen molar-refractivity contribution in [2.45, 2.75) is 96.4 Å². The maximum Gasteiger partial charge on any atom is 0.253 e. The SMILES string of the molecule is Cc1cc(C(=O)NC2CC3CCC(C2)N3c2ccc(C(=O)N[C@@H]3CCCN(C(C)C)C3)cn2)c(C)cc1C(N)=O. The van der Waals surface area contributed by atoms with Crippen LogP contribution in [0.4, 0.5) is 5.82 Å². The van der Waals surface area contributed by atoms with E-state index in [-0.39, 0.29) is 23.9 Å². The normalized spacial score (nSPS) is 24.7. The molecule has 3 saturated heterocycles. The van der Waals surface area contributed by atoms with Crippen molar-refractivity contribution in [2.24, 2.45) is 5.73 Å². The molecule has 4 heterocycles. The van der Waals surface area contributed by atoms with Crippen LogP contribution in [0.2, 0.25) is 0 Å². The Hall–Kier alpha value is -3.46. The molecule has 40 heavy (non-hydrogen) atoms. The van der Waals surface area contributed by atoms with Crippen LogP contribution in [-0.2, 0) is 0 Å². The van der Waals surface area contributed by atoms with Gasteiger partial charge >= 0.3 is 0 Å². The van der Waals surface area contributed by atoms with Crippen molar-refractivity contribution in [1.82, 2.24) is 20.5 Å². The Morgan fingerprint density at radius 3 is 2.20 bits per heavy atom. The summed E-state index contributed by atoms with van der Waals surface area (Å²) in [5.74, 6) is 0.234. The molecule has 0 radical (unpaired) electrons. The fraction of sp³-hybridized carbons (Fsp3) is 0.548. The Balaban J connectivity index is 1.19. The summed E-state index contributed by atoms with van der Waals surface area (Å²) in [6.07, 6.45) is 7.60. The number of carbonyl (C=O) groups is 3. The maximum absolute atomic E-state index is 13.2. The van der Waals surface area contributed by atoms with Gasteiger partial charge in [0.15, 0.2) is 0 Å². The van der Waals surface area contributed by atoms with E-state index in [4.69, 9.17) is 10.7 Å². The molecule has 3 fully saturated rings. The minimum absolute atomic E-state index is 0.0616. The molecule has 5 rings (SSSR count).